The molecule has 2 aliphatic rings. The highest BCUT2D eigenvalue weighted by molar-refractivity contribution is 5.30. The van der Waals surface area contributed by atoms with Crippen LogP contribution in [0.4, 0.5) is 5.95 Å². The summed E-state index contributed by atoms with van der Waals surface area (Å²) in [7, 11) is 0. The molecule has 23 heavy (non-hydrogen) atoms. The van der Waals surface area contributed by atoms with Crippen molar-refractivity contribution in [2.24, 2.45) is 0 Å². The molecule has 0 aliphatic carbocycles. The summed E-state index contributed by atoms with van der Waals surface area (Å²) in [5.41, 5.74) is 1.13. The van der Waals surface area contributed by atoms with Crippen LogP contribution in [0.2, 0.25) is 0 Å². The highest BCUT2D eigenvalue weighted by Gasteiger charge is 2.20. The maximum Gasteiger partial charge on any atom is 0.225 e. The molecule has 4 rings (SSSR count). The van der Waals surface area contributed by atoms with Crippen LogP contribution >= 0.6 is 0 Å². The Kier molecular flexibility index (Phi) is 3.95. The normalized spacial score (nSPS) is 20.7. The van der Waals surface area contributed by atoms with Gasteiger partial charge in [0.1, 0.15) is 11.6 Å². The largest absolute Gasteiger partial charge is 0.341 e. The molecular formula is C16H23N7. The quantitative estimate of drug-likeness (QED) is 0.911. The maximum absolute atomic E-state index is 4.51. The highest BCUT2D eigenvalue weighted by atomic mass is 15.4. The third-order valence-corrected chi connectivity index (χ3v) is 4.64. The minimum atomic E-state index is 0.432. The molecule has 2 aliphatic heterocycles. The summed E-state index contributed by atoms with van der Waals surface area (Å²) in [6.45, 7) is 5.81. The zero-order chi connectivity index (χ0) is 15.6. The van der Waals surface area contributed by atoms with E-state index in [1.54, 1.807) is 0 Å². The number of nitrogens with one attached hydrogen (secondary N) is 1. The van der Waals surface area contributed by atoms with Crippen LogP contribution in [0.1, 0.15) is 36.5 Å². The first-order chi connectivity index (χ1) is 11.3. The second-order valence-corrected chi connectivity index (χ2v) is 6.46. The lowest BCUT2D eigenvalue weighted by Gasteiger charge is -2.23. The van der Waals surface area contributed by atoms with Crippen LogP contribution in [0.5, 0.6) is 0 Å². The number of anilines is 1. The molecule has 0 unspecified atom stereocenters. The summed E-state index contributed by atoms with van der Waals surface area (Å²) in [6.07, 6.45) is 8.48. The summed E-state index contributed by atoms with van der Waals surface area (Å²) < 4.78 is 2.03. The Balaban J connectivity index is 1.32. The van der Waals surface area contributed by atoms with Crippen molar-refractivity contribution in [3.8, 4) is 0 Å². The van der Waals surface area contributed by atoms with Gasteiger partial charge in [-0.2, -0.15) is 5.10 Å². The first-order valence-corrected chi connectivity index (χ1v) is 8.47. The van der Waals surface area contributed by atoms with Crippen LogP contribution in [-0.2, 0) is 19.5 Å². The third-order valence-electron chi connectivity index (χ3n) is 4.64. The Bertz CT molecular complexity index is 658. The Morgan fingerprint density at radius 3 is 2.78 bits per heavy atom. The molecule has 4 heterocycles. The Hall–Kier alpha value is -2.02. The molecule has 1 N–H and O–H groups in total. The molecule has 7 nitrogen and oxygen atoms in total. The van der Waals surface area contributed by atoms with Gasteiger partial charge in [-0.1, -0.05) is 0 Å². The van der Waals surface area contributed by atoms with Gasteiger partial charge in [0.05, 0.1) is 6.54 Å². The van der Waals surface area contributed by atoms with Crippen molar-refractivity contribution < 1.29 is 0 Å². The van der Waals surface area contributed by atoms with Gasteiger partial charge in [-0.3, -0.25) is 0 Å². The average Bonchev–Trinajstić information content (AvgIpc) is 3.21. The van der Waals surface area contributed by atoms with Crippen molar-refractivity contribution in [2.45, 2.75) is 51.7 Å². The number of aryl methyl sites for hydroxylation is 2. The number of hydrogen-bond acceptors (Lipinski definition) is 6. The lowest BCUT2D eigenvalue weighted by atomic mass is 10.1. The molecule has 1 saturated heterocycles. The Labute approximate surface area is 136 Å². The third kappa shape index (κ3) is 3.19. The average molecular weight is 313 g/mol. The van der Waals surface area contributed by atoms with Gasteiger partial charge in [-0.05, 0) is 26.2 Å². The van der Waals surface area contributed by atoms with Crippen molar-refractivity contribution in [1.82, 2.24) is 30.0 Å². The SMILES string of the molecule is Cc1nc2n(n1)C[C@H](NCc1cnc(N3CCCC3)nc1)CC2. The lowest BCUT2D eigenvalue weighted by Crippen LogP contribution is -2.37. The molecule has 0 amide bonds. The molecule has 2 aromatic heterocycles. The molecule has 0 spiro atoms. The van der Waals surface area contributed by atoms with E-state index in [0.29, 0.717) is 6.04 Å². The monoisotopic (exact) mass is 313 g/mol. The van der Waals surface area contributed by atoms with Gasteiger partial charge in [0.25, 0.3) is 0 Å². The van der Waals surface area contributed by atoms with Gasteiger partial charge >= 0.3 is 0 Å². The van der Waals surface area contributed by atoms with Gasteiger partial charge in [0.2, 0.25) is 5.95 Å². The molecule has 122 valence electrons. The molecule has 0 saturated carbocycles. The van der Waals surface area contributed by atoms with E-state index in [0.717, 1.165) is 62.2 Å². The van der Waals surface area contributed by atoms with Crippen molar-refractivity contribution in [3.05, 3.63) is 29.6 Å². The number of rotatable bonds is 4. The molecule has 2 aromatic rings. The minimum Gasteiger partial charge on any atom is -0.341 e. The van der Waals surface area contributed by atoms with E-state index in [-0.39, 0.29) is 0 Å². The highest BCUT2D eigenvalue weighted by Crippen LogP contribution is 2.16. The van der Waals surface area contributed by atoms with Crippen LogP contribution in [0, 0.1) is 6.92 Å². The predicted octanol–water partition coefficient (Wildman–Crippen LogP) is 1.08. The number of nitrogens with zero attached hydrogens (tertiary/aromatic N) is 6. The van der Waals surface area contributed by atoms with E-state index in [1.807, 2.05) is 24.0 Å². The van der Waals surface area contributed by atoms with E-state index in [4.69, 9.17) is 0 Å². The first kappa shape index (κ1) is 14.6. The van der Waals surface area contributed by atoms with E-state index >= 15 is 0 Å². The molecule has 0 aromatic carbocycles. The van der Waals surface area contributed by atoms with Crippen LogP contribution < -0.4 is 10.2 Å². The fourth-order valence-corrected chi connectivity index (χ4v) is 3.38. The van der Waals surface area contributed by atoms with Gasteiger partial charge < -0.3 is 10.2 Å². The number of aromatic nitrogens is 5. The molecule has 1 fully saturated rings. The second-order valence-electron chi connectivity index (χ2n) is 6.46. The number of hydrogen-bond donors (Lipinski definition) is 1. The molecular weight excluding hydrogens is 290 g/mol. The van der Waals surface area contributed by atoms with Crippen molar-refractivity contribution in [1.29, 1.82) is 0 Å². The summed E-state index contributed by atoms with van der Waals surface area (Å²) >= 11 is 0. The van der Waals surface area contributed by atoms with Gasteiger partial charge in [0.15, 0.2) is 0 Å². The van der Waals surface area contributed by atoms with Crippen LogP contribution in [-0.4, -0.2) is 43.9 Å². The van der Waals surface area contributed by atoms with Crippen LogP contribution in [0.15, 0.2) is 12.4 Å². The van der Waals surface area contributed by atoms with Crippen molar-refractivity contribution in [2.75, 3.05) is 18.0 Å². The fourth-order valence-electron chi connectivity index (χ4n) is 3.38. The zero-order valence-corrected chi connectivity index (χ0v) is 13.6. The summed E-state index contributed by atoms with van der Waals surface area (Å²) in [5, 5.41) is 8.04. The van der Waals surface area contributed by atoms with E-state index in [2.05, 4.69) is 30.3 Å². The smallest absolute Gasteiger partial charge is 0.225 e. The second kappa shape index (κ2) is 6.23. The van der Waals surface area contributed by atoms with Crippen molar-refractivity contribution in [3.63, 3.8) is 0 Å². The Morgan fingerprint density at radius 1 is 1.22 bits per heavy atom. The van der Waals surface area contributed by atoms with Gasteiger partial charge in [0, 0.05) is 50.1 Å². The summed E-state index contributed by atoms with van der Waals surface area (Å²) in [6, 6.07) is 0.432. The van der Waals surface area contributed by atoms with Crippen LogP contribution in [0.3, 0.4) is 0 Å². The van der Waals surface area contributed by atoms with Gasteiger partial charge in [-0.15, -0.1) is 0 Å². The zero-order valence-electron chi connectivity index (χ0n) is 13.6. The molecule has 0 bridgehead atoms. The predicted molar refractivity (Wildman–Crippen MR) is 87.2 cm³/mol. The van der Waals surface area contributed by atoms with Gasteiger partial charge in [-0.25, -0.2) is 19.6 Å². The lowest BCUT2D eigenvalue weighted by molar-refractivity contribution is 0.357. The standard InChI is InChI=1S/C16H23N7/c1-12-20-15-5-4-14(11-23(15)21-12)17-8-13-9-18-16(19-10-13)22-6-2-3-7-22/h9-10,14,17H,2-8,11H2,1H3/t14-/m1/s1. The topological polar surface area (TPSA) is 71.8 Å². The first-order valence-electron chi connectivity index (χ1n) is 8.47. The fraction of sp³-hybridized carbons (Fsp3) is 0.625. The number of fused-ring (bicyclic) bond motifs is 1. The summed E-state index contributed by atoms with van der Waals surface area (Å²) in [5.74, 6) is 2.84. The maximum atomic E-state index is 4.51. The van der Waals surface area contributed by atoms with E-state index < -0.39 is 0 Å². The van der Waals surface area contributed by atoms with Crippen molar-refractivity contribution >= 4 is 5.95 Å². The van der Waals surface area contributed by atoms with E-state index in [9.17, 15) is 0 Å². The van der Waals surface area contributed by atoms with Crippen LogP contribution in [0.25, 0.3) is 0 Å². The van der Waals surface area contributed by atoms with E-state index in [1.165, 1.54) is 12.8 Å². The summed E-state index contributed by atoms with van der Waals surface area (Å²) in [4.78, 5) is 15.7. The minimum absolute atomic E-state index is 0.432. The molecule has 1 atom stereocenters. The Morgan fingerprint density at radius 2 is 2.00 bits per heavy atom. The molecule has 7 heteroatoms. The molecule has 0 radical (unpaired) electrons.